The molecule has 1 aromatic rings. The Morgan fingerprint density at radius 3 is 2.59 bits per heavy atom. The Balaban J connectivity index is 2.36. The van der Waals surface area contributed by atoms with Crippen molar-refractivity contribution in [1.82, 2.24) is 10.6 Å². The number of benzene rings is 1. The standard InChI is InChI=1S/C13H21N3O/c1-10(15-2)9-16-13(17)8-12(14)11-6-4-3-5-7-11/h3-7,10,12,15H,8-9,14H2,1-2H3,(H,16,17). The molecule has 0 saturated heterocycles. The van der Waals surface area contributed by atoms with Crippen molar-refractivity contribution in [3.8, 4) is 0 Å². The normalized spacial score (nSPS) is 14.1. The van der Waals surface area contributed by atoms with Crippen LogP contribution >= 0.6 is 0 Å². The zero-order valence-corrected chi connectivity index (χ0v) is 10.4. The van der Waals surface area contributed by atoms with Gasteiger partial charge in [0.15, 0.2) is 0 Å². The van der Waals surface area contributed by atoms with Gasteiger partial charge in [0, 0.05) is 25.0 Å². The Morgan fingerprint density at radius 1 is 1.35 bits per heavy atom. The van der Waals surface area contributed by atoms with E-state index in [-0.39, 0.29) is 18.0 Å². The maximum absolute atomic E-state index is 11.6. The van der Waals surface area contributed by atoms with Crippen LogP contribution in [0.4, 0.5) is 0 Å². The van der Waals surface area contributed by atoms with Crippen molar-refractivity contribution in [2.75, 3.05) is 13.6 Å². The summed E-state index contributed by atoms with van der Waals surface area (Å²) in [6.07, 6.45) is 0.320. The number of hydrogen-bond donors (Lipinski definition) is 3. The molecule has 4 nitrogen and oxygen atoms in total. The summed E-state index contributed by atoms with van der Waals surface area (Å²) in [5.74, 6) is -0.0107. The monoisotopic (exact) mass is 235 g/mol. The number of hydrogen-bond acceptors (Lipinski definition) is 3. The number of carbonyl (C=O) groups excluding carboxylic acids is 1. The molecule has 0 aromatic heterocycles. The summed E-state index contributed by atoms with van der Waals surface area (Å²) in [5, 5.41) is 5.91. The maximum Gasteiger partial charge on any atom is 0.221 e. The summed E-state index contributed by atoms with van der Waals surface area (Å²) in [6, 6.07) is 9.70. The van der Waals surface area contributed by atoms with Crippen LogP contribution in [0.3, 0.4) is 0 Å². The molecule has 0 saturated carbocycles. The highest BCUT2D eigenvalue weighted by Gasteiger charge is 2.11. The summed E-state index contributed by atoms with van der Waals surface area (Å²) in [6.45, 7) is 2.63. The molecule has 2 unspecified atom stereocenters. The second kappa shape index (κ2) is 7.04. The van der Waals surface area contributed by atoms with Gasteiger partial charge in [-0.05, 0) is 19.5 Å². The largest absolute Gasteiger partial charge is 0.354 e. The number of nitrogens with two attached hydrogens (primary N) is 1. The predicted molar refractivity (Wildman–Crippen MR) is 69.5 cm³/mol. The van der Waals surface area contributed by atoms with Crippen LogP contribution in [-0.4, -0.2) is 25.5 Å². The third-order valence-corrected chi connectivity index (χ3v) is 2.73. The lowest BCUT2D eigenvalue weighted by Crippen LogP contribution is -2.38. The van der Waals surface area contributed by atoms with Crippen molar-refractivity contribution in [3.05, 3.63) is 35.9 Å². The van der Waals surface area contributed by atoms with E-state index < -0.39 is 0 Å². The first-order chi connectivity index (χ1) is 8.13. The first kappa shape index (κ1) is 13.7. The molecule has 0 bridgehead atoms. The van der Waals surface area contributed by atoms with Crippen LogP contribution in [0, 0.1) is 0 Å². The van der Waals surface area contributed by atoms with Crippen molar-refractivity contribution < 1.29 is 4.79 Å². The van der Waals surface area contributed by atoms with E-state index in [1.807, 2.05) is 44.3 Å². The fraction of sp³-hybridized carbons (Fsp3) is 0.462. The lowest BCUT2D eigenvalue weighted by molar-refractivity contribution is -0.121. The number of likely N-dealkylation sites (N-methyl/N-ethyl adjacent to an activating group) is 1. The molecule has 0 aliphatic rings. The van der Waals surface area contributed by atoms with Crippen molar-refractivity contribution in [3.63, 3.8) is 0 Å². The average molecular weight is 235 g/mol. The van der Waals surface area contributed by atoms with Gasteiger partial charge in [-0.3, -0.25) is 4.79 Å². The molecule has 1 amide bonds. The average Bonchev–Trinajstić information content (AvgIpc) is 2.36. The van der Waals surface area contributed by atoms with Gasteiger partial charge in [-0.15, -0.1) is 0 Å². The van der Waals surface area contributed by atoms with Crippen LogP contribution in [0.25, 0.3) is 0 Å². The van der Waals surface area contributed by atoms with Crippen LogP contribution < -0.4 is 16.4 Å². The first-order valence-corrected chi connectivity index (χ1v) is 5.88. The Hall–Kier alpha value is -1.39. The minimum atomic E-state index is -0.235. The van der Waals surface area contributed by atoms with E-state index in [1.54, 1.807) is 0 Å². The molecule has 0 radical (unpaired) electrons. The van der Waals surface area contributed by atoms with Crippen LogP contribution in [0.5, 0.6) is 0 Å². The van der Waals surface area contributed by atoms with E-state index in [0.29, 0.717) is 13.0 Å². The number of nitrogens with one attached hydrogen (secondary N) is 2. The molecular weight excluding hydrogens is 214 g/mol. The molecule has 17 heavy (non-hydrogen) atoms. The van der Waals surface area contributed by atoms with E-state index in [4.69, 9.17) is 5.73 Å². The lowest BCUT2D eigenvalue weighted by Gasteiger charge is -2.14. The van der Waals surface area contributed by atoms with Gasteiger partial charge in [0.1, 0.15) is 0 Å². The number of amides is 1. The lowest BCUT2D eigenvalue weighted by atomic mass is 10.0. The SMILES string of the molecule is CNC(C)CNC(=O)CC(N)c1ccccc1. The summed E-state index contributed by atoms with van der Waals surface area (Å²) in [4.78, 5) is 11.6. The fourth-order valence-corrected chi connectivity index (χ4v) is 1.46. The van der Waals surface area contributed by atoms with E-state index in [1.165, 1.54) is 0 Å². The van der Waals surface area contributed by atoms with Gasteiger partial charge in [0.05, 0.1) is 0 Å². The molecule has 1 aromatic carbocycles. The summed E-state index contributed by atoms with van der Waals surface area (Å²) in [7, 11) is 1.87. The molecule has 0 aliphatic carbocycles. The summed E-state index contributed by atoms with van der Waals surface area (Å²) < 4.78 is 0. The zero-order valence-electron chi connectivity index (χ0n) is 10.4. The molecule has 0 heterocycles. The predicted octanol–water partition coefficient (Wildman–Crippen LogP) is 0.801. The van der Waals surface area contributed by atoms with E-state index in [9.17, 15) is 4.79 Å². The maximum atomic E-state index is 11.6. The molecule has 1 rings (SSSR count). The van der Waals surface area contributed by atoms with Crippen molar-refractivity contribution >= 4 is 5.91 Å². The Morgan fingerprint density at radius 2 is 2.00 bits per heavy atom. The highest BCUT2D eigenvalue weighted by molar-refractivity contribution is 5.76. The first-order valence-electron chi connectivity index (χ1n) is 5.88. The minimum Gasteiger partial charge on any atom is -0.354 e. The highest BCUT2D eigenvalue weighted by Crippen LogP contribution is 2.12. The van der Waals surface area contributed by atoms with Crippen molar-refractivity contribution in [2.45, 2.75) is 25.4 Å². The van der Waals surface area contributed by atoms with Gasteiger partial charge in [0.2, 0.25) is 5.91 Å². The van der Waals surface area contributed by atoms with Crippen LogP contribution in [0.2, 0.25) is 0 Å². The summed E-state index contributed by atoms with van der Waals surface area (Å²) >= 11 is 0. The van der Waals surface area contributed by atoms with Crippen molar-refractivity contribution in [2.24, 2.45) is 5.73 Å². The molecule has 0 spiro atoms. The Labute approximate surface area is 103 Å². The van der Waals surface area contributed by atoms with Crippen LogP contribution in [0.1, 0.15) is 24.9 Å². The Bertz CT molecular complexity index is 340. The third-order valence-electron chi connectivity index (χ3n) is 2.73. The minimum absolute atomic E-state index is 0.0107. The van der Waals surface area contributed by atoms with Crippen LogP contribution in [0.15, 0.2) is 30.3 Å². The molecule has 0 fully saturated rings. The van der Waals surface area contributed by atoms with Gasteiger partial charge in [-0.25, -0.2) is 0 Å². The fourth-order valence-electron chi connectivity index (χ4n) is 1.46. The molecule has 4 N–H and O–H groups in total. The number of carbonyl (C=O) groups is 1. The quantitative estimate of drug-likeness (QED) is 0.683. The topological polar surface area (TPSA) is 67.1 Å². The Kier molecular flexibility index (Phi) is 5.66. The second-order valence-corrected chi connectivity index (χ2v) is 4.22. The third kappa shape index (κ3) is 4.97. The molecular formula is C13H21N3O. The molecule has 94 valence electrons. The van der Waals surface area contributed by atoms with E-state index >= 15 is 0 Å². The van der Waals surface area contributed by atoms with Gasteiger partial charge < -0.3 is 16.4 Å². The van der Waals surface area contributed by atoms with Gasteiger partial charge >= 0.3 is 0 Å². The molecule has 0 aliphatic heterocycles. The summed E-state index contributed by atoms with van der Waals surface area (Å²) in [5.41, 5.74) is 6.95. The highest BCUT2D eigenvalue weighted by atomic mass is 16.1. The van der Waals surface area contributed by atoms with Gasteiger partial charge in [-0.2, -0.15) is 0 Å². The molecule has 4 heteroatoms. The smallest absolute Gasteiger partial charge is 0.221 e. The molecule has 2 atom stereocenters. The van der Waals surface area contributed by atoms with Crippen molar-refractivity contribution in [1.29, 1.82) is 0 Å². The van der Waals surface area contributed by atoms with Crippen LogP contribution in [-0.2, 0) is 4.79 Å². The van der Waals surface area contributed by atoms with E-state index in [0.717, 1.165) is 5.56 Å². The van der Waals surface area contributed by atoms with E-state index in [2.05, 4.69) is 10.6 Å². The zero-order chi connectivity index (χ0) is 12.7. The number of rotatable bonds is 6. The second-order valence-electron chi connectivity index (χ2n) is 4.22. The van der Waals surface area contributed by atoms with Gasteiger partial charge in [0.25, 0.3) is 0 Å². The van der Waals surface area contributed by atoms with Gasteiger partial charge in [-0.1, -0.05) is 30.3 Å².